The van der Waals surface area contributed by atoms with Crippen molar-refractivity contribution in [1.29, 1.82) is 0 Å². The van der Waals surface area contributed by atoms with E-state index in [1.54, 1.807) is 11.0 Å². The van der Waals surface area contributed by atoms with Crippen molar-refractivity contribution in [3.05, 3.63) is 71.8 Å². The number of carbonyl (C=O) groups is 2. The van der Waals surface area contributed by atoms with Gasteiger partial charge in [-0.25, -0.2) is 0 Å². The summed E-state index contributed by atoms with van der Waals surface area (Å²) in [6.45, 7) is 6.24. The van der Waals surface area contributed by atoms with Gasteiger partial charge in [-0.15, -0.1) is 0 Å². The summed E-state index contributed by atoms with van der Waals surface area (Å²) in [5.74, 6) is -0.204. The molecular weight excluding hydrogens is 288 g/mol. The fourth-order valence-corrected chi connectivity index (χ4v) is 2.71. The molecule has 0 unspecified atom stereocenters. The van der Waals surface area contributed by atoms with E-state index in [1.807, 2.05) is 49.4 Å². The topological polar surface area (TPSA) is 49.4 Å². The third kappa shape index (κ3) is 2.88. The molecule has 23 heavy (non-hydrogen) atoms. The highest BCUT2D eigenvalue weighted by Gasteiger charge is 2.30. The number of benzene rings is 2. The minimum Gasteiger partial charge on any atom is -0.326 e. The largest absolute Gasteiger partial charge is 0.326 e. The van der Waals surface area contributed by atoms with E-state index in [-0.39, 0.29) is 18.2 Å². The van der Waals surface area contributed by atoms with E-state index >= 15 is 0 Å². The first kappa shape index (κ1) is 15.0. The Morgan fingerprint density at radius 1 is 1.09 bits per heavy atom. The minimum absolute atomic E-state index is 0.0886. The van der Waals surface area contributed by atoms with E-state index in [1.165, 1.54) is 0 Å². The van der Waals surface area contributed by atoms with Gasteiger partial charge in [0.15, 0.2) is 0 Å². The number of rotatable bonds is 4. The SMILES string of the molecule is C=C1c2ccccc2C(=O)N1CCC(=O)Nc1ccccc1C. The molecule has 2 aromatic carbocycles. The Bertz CT molecular complexity index is 760. The van der Waals surface area contributed by atoms with Crippen molar-refractivity contribution in [3.63, 3.8) is 0 Å². The molecule has 0 fully saturated rings. The van der Waals surface area contributed by atoms with Crippen molar-refractivity contribution in [3.8, 4) is 0 Å². The van der Waals surface area contributed by atoms with Gasteiger partial charge in [-0.05, 0) is 24.6 Å². The second kappa shape index (κ2) is 6.08. The van der Waals surface area contributed by atoms with Gasteiger partial charge >= 0.3 is 0 Å². The van der Waals surface area contributed by atoms with Crippen LogP contribution in [0, 0.1) is 6.92 Å². The van der Waals surface area contributed by atoms with Crippen LogP contribution in [0.15, 0.2) is 55.1 Å². The Hall–Kier alpha value is -2.88. The zero-order chi connectivity index (χ0) is 16.4. The summed E-state index contributed by atoms with van der Waals surface area (Å²) in [5, 5.41) is 2.88. The Balaban J connectivity index is 1.63. The van der Waals surface area contributed by atoms with Crippen LogP contribution in [0.1, 0.15) is 27.9 Å². The molecule has 116 valence electrons. The third-order valence-corrected chi connectivity index (χ3v) is 4.02. The molecule has 1 N–H and O–H groups in total. The summed E-state index contributed by atoms with van der Waals surface area (Å²) in [5.41, 5.74) is 3.96. The van der Waals surface area contributed by atoms with Gasteiger partial charge in [0.05, 0.1) is 0 Å². The monoisotopic (exact) mass is 306 g/mol. The third-order valence-electron chi connectivity index (χ3n) is 4.02. The second-order valence-corrected chi connectivity index (χ2v) is 5.56. The summed E-state index contributed by atoms with van der Waals surface area (Å²) in [6, 6.07) is 15.0. The molecule has 3 rings (SSSR count). The van der Waals surface area contributed by atoms with Crippen LogP contribution < -0.4 is 5.32 Å². The average molecular weight is 306 g/mol. The van der Waals surface area contributed by atoms with E-state index in [9.17, 15) is 9.59 Å². The molecule has 0 aliphatic carbocycles. The summed E-state index contributed by atoms with van der Waals surface area (Å²) in [4.78, 5) is 26.1. The van der Waals surface area contributed by atoms with E-state index in [0.29, 0.717) is 17.8 Å². The number of hydrogen-bond acceptors (Lipinski definition) is 2. The number of anilines is 1. The molecule has 0 radical (unpaired) electrons. The Morgan fingerprint density at radius 2 is 1.74 bits per heavy atom. The van der Waals surface area contributed by atoms with Gasteiger partial charge in [0.2, 0.25) is 5.91 Å². The molecule has 0 bridgehead atoms. The van der Waals surface area contributed by atoms with Crippen molar-refractivity contribution in [1.82, 2.24) is 4.90 Å². The molecule has 1 aliphatic heterocycles. The van der Waals surface area contributed by atoms with Crippen LogP contribution in [0.3, 0.4) is 0 Å². The first-order valence-corrected chi connectivity index (χ1v) is 7.53. The van der Waals surface area contributed by atoms with Crippen LogP contribution in [-0.2, 0) is 4.79 Å². The van der Waals surface area contributed by atoms with E-state index in [2.05, 4.69) is 11.9 Å². The number of amides is 2. The Kier molecular flexibility index (Phi) is 3.98. The number of carbonyl (C=O) groups excluding carboxylic acids is 2. The standard InChI is InChI=1S/C19H18N2O2/c1-13-7-3-6-10-17(13)20-18(22)11-12-21-14(2)15-8-4-5-9-16(15)19(21)23/h3-10H,2,11-12H2,1H3,(H,20,22). The van der Waals surface area contributed by atoms with E-state index < -0.39 is 0 Å². The molecule has 0 spiro atoms. The molecule has 0 saturated carbocycles. The molecule has 0 aromatic heterocycles. The molecule has 0 saturated heterocycles. The first-order valence-electron chi connectivity index (χ1n) is 7.53. The fraction of sp³-hybridized carbons (Fsp3) is 0.158. The van der Waals surface area contributed by atoms with Crippen LogP contribution >= 0.6 is 0 Å². The molecule has 1 heterocycles. The lowest BCUT2D eigenvalue weighted by atomic mass is 10.1. The van der Waals surface area contributed by atoms with Crippen LogP contribution in [0.2, 0.25) is 0 Å². The number of nitrogens with one attached hydrogen (secondary N) is 1. The maximum atomic E-state index is 12.4. The zero-order valence-corrected chi connectivity index (χ0v) is 13.0. The summed E-state index contributed by atoms with van der Waals surface area (Å²) < 4.78 is 0. The smallest absolute Gasteiger partial charge is 0.258 e. The number of fused-ring (bicyclic) bond motifs is 1. The fourth-order valence-electron chi connectivity index (χ4n) is 2.71. The molecular formula is C19H18N2O2. The van der Waals surface area contributed by atoms with Crippen LogP contribution in [0.5, 0.6) is 0 Å². The maximum absolute atomic E-state index is 12.4. The molecule has 2 amide bonds. The molecule has 4 heteroatoms. The molecule has 2 aromatic rings. The maximum Gasteiger partial charge on any atom is 0.258 e. The predicted octanol–water partition coefficient (Wildman–Crippen LogP) is 3.45. The lowest BCUT2D eigenvalue weighted by Gasteiger charge is -2.17. The lowest BCUT2D eigenvalue weighted by molar-refractivity contribution is -0.116. The van der Waals surface area contributed by atoms with Gasteiger partial charge in [0.25, 0.3) is 5.91 Å². The molecule has 0 atom stereocenters. The van der Waals surface area contributed by atoms with Crippen LogP contribution in [0.25, 0.3) is 5.70 Å². The molecule has 1 aliphatic rings. The quantitative estimate of drug-likeness (QED) is 0.940. The van der Waals surface area contributed by atoms with Gasteiger partial charge in [-0.3, -0.25) is 9.59 Å². The summed E-state index contributed by atoms with van der Waals surface area (Å²) in [6.07, 6.45) is 0.229. The van der Waals surface area contributed by atoms with Gasteiger partial charge in [-0.2, -0.15) is 0 Å². The number of para-hydroxylation sites is 1. The first-order chi connectivity index (χ1) is 11.1. The van der Waals surface area contributed by atoms with Crippen molar-refractivity contribution in [2.24, 2.45) is 0 Å². The number of hydrogen-bond donors (Lipinski definition) is 1. The predicted molar refractivity (Wildman–Crippen MR) is 90.9 cm³/mol. The van der Waals surface area contributed by atoms with E-state index in [0.717, 1.165) is 16.8 Å². The highest BCUT2D eigenvalue weighted by molar-refractivity contribution is 6.09. The van der Waals surface area contributed by atoms with Crippen molar-refractivity contribution >= 4 is 23.2 Å². The number of aryl methyl sites for hydroxylation is 1. The minimum atomic E-state index is -0.115. The summed E-state index contributed by atoms with van der Waals surface area (Å²) in [7, 11) is 0. The Labute approximate surface area is 135 Å². The van der Waals surface area contributed by atoms with Gasteiger partial charge in [0, 0.05) is 35.5 Å². The Morgan fingerprint density at radius 3 is 2.43 bits per heavy atom. The van der Waals surface area contributed by atoms with Crippen molar-refractivity contribution in [2.45, 2.75) is 13.3 Å². The van der Waals surface area contributed by atoms with Gasteiger partial charge in [0.1, 0.15) is 0 Å². The van der Waals surface area contributed by atoms with Gasteiger partial charge < -0.3 is 10.2 Å². The molecule has 4 nitrogen and oxygen atoms in total. The summed E-state index contributed by atoms with van der Waals surface area (Å²) >= 11 is 0. The van der Waals surface area contributed by atoms with Crippen molar-refractivity contribution < 1.29 is 9.59 Å². The van der Waals surface area contributed by atoms with Gasteiger partial charge in [-0.1, -0.05) is 43.0 Å². The normalized spacial score (nSPS) is 13.2. The highest BCUT2D eigenvalue weighted by atomic mass is 16.2. The average Bonchev–Trinajstić information content (AvgIpc) is 2.80. The van der Waals surface area contributed by atoms with Crippen LogP contribution in [0.4, 0.5) is 5.69 Å². The van der Waals surface area contributed by atoms with Crippen LogP contribution in [-0.4, -0.2) is 23.3 Å². The van der Waals surface area contributed by atoms with Crippen molar-refractivity contribution in [2.75, 3.05) is 11.9 Å². The van der Waals surface area contributed by atoms with E-state index in [4.69, 9.17) is 0 Å². The number of nitrogens with zero attached hydrogens (tertiary/aromatic N) is 1. The lowest BCUT2D eigenvalue weighted by Crippen LogP contribution is -2.27. The second-order valence-electron chi connectivity index (χ2n) is 5.56. The zero-order valence-electron chi connectivity index (χ0n) is 13.0. The highest BCUT2D eigenvalue weighted by Crippen LogP contribution is 2.31.